The quantitative estimate of drug-likeness (QED) is 0.770. The minimum atomic E-state index is -4.43. The van der Waals surface area contributed by atoms with Crippen molar-refractivity contribution in [3.05, 3.63) is 57.8 Å². The van der Waals surface area contributed by atoms with Gasteiger partial charge >= 0.3 is 6.18 Å². The van der Waals surface area contributed by atoms with E-state index in [9.17, 15) is 18.0 Å². The van der Waals surface area contributed by atoms with E-state index in [1.54, 1.807) is 16.2 Å². The van der Waals surface area contributed by atoms with Gasteiger partial charge in [0.2, 0.25) is 0 Å². The second-order valence-corrected chi connectivity index (χ2v) is 6.48. The molecule has 0 N–H and O–H groups in total. The van der Waals surface area contributed by atoms with Crippen molar-refractivity contribution in [1.29, 1.82) is 0 Å². The molecule has 0 unspecified atom stereocenters. The molecule has 2 aromatic rings. The number of amides is 1. The lowest BCUT2D eigenvalue weighted by molar-refractivity contribution is -0.137. The lowest BCUT2D eigenvalue weighted by Gasteiger charge is -2.32. The Balaban J connectivity index is 1.68. The second kappa shape index (κ2) is 6.35. The summed E-state index contributed by atoms with van der Waals surface area (Å²) in [4.78, 5) is 14.1. The van der Waals surface area contributed by atoms with Crippen molar-refractivity contribution in [1.82, 2.24) is 4.90 Å². The number of carbonyl (C=O) groups is 1. The lowest BCUT2D eigenvalue weighted by atomic mass is 9.91. The zero-order valence-corrected chi connectivity index (χ0v) is 13.2. The maximum Gasteiger partial charge on any atom is 0.416 e. The third-order valence-corrected chi connectivity index (χ3v) is 4.94. The first kappa shape index (κ1) is 16.1. The second-order valence-electron chi connectivity index (χ2n) is 5.70. The van der Waals surface area contributed by atoms with Gasteiger partial charge in [0.1, 0.15) is 0 Å². The highest BCUT2D eigenvalue weighted by Gasteiger charge is 2.32. The molecule has 0 bridgehead atoms. The van der Waals surface area contributed by atoms with Crippen LogP contribution in [0.3, 0.4) is 0 Å². The molecule has 1 aromatic heterocycles. The van der Waals surface area contributed by atoms with E-state index in [-0.39, 0.29) is 11.5 Å². The van der Waals surface area contributed by atoms with E-state index in [1.807, 2.05) is 5.38 Å². The summed E-state index contributed by atoms with van der Waals surface area (Å²) in [7, 11) is 0. The number of nitrogens with zero attached hydrogens (tertiary/aromatic N) is 1. The topological polar surface area (TPSA) is 20.3 Å². The zero-order chi connectivity index (χ0) is 16.4. The minimum absolute atomic E-state index is 0.105. The van der Waals surface area contributed by atoms with Crippen molar-refractivity contribution in [3.63, 3.8) is 0 Å². The van der Waals surface area contributed by atoms with E-state index in [0.717, 1.165) is 25.0 Å². The molecule has 1 fully saturated rings. The summed E-state index contributed by atoms with van der Waals surface area (Å²) in [5, 5.41) is 4.16. The SMILES string of the molecule is O=C(c1cccc(C(F)(F)F)c1)N1CCC(c2ccsc2)CC1. The fourth-order valence-electron chi connectivity index (χ4n) is 2.93. The standard InChI is InChI=1S/C17H16F3NOS/c18-17(19,20)15-3-1-2-13(10-15)16(22)21-7-4-12(5-8-21)14-6-9-23-11-14/h1-3,6,9-12H,4-5,7-8H2. The van der Waals surface area contributed by atoms with E-state index in [2.05, 4.69) is 11.4 Å². The summed E-state index contributed by atoms with van der Waals surface area (Å²) in [5.41, 5.74) is 0.617. The van der Waals surface area contributed by atoms with Crippen molar-refractivity contribution >= 4 is 17.2 Å². The van der Waals surface area contributed by atoms with Gasteiger partial charge in [-0.15, -0.1) is 0 Å². The Labute approximate surface area is 136 Å². The van der Waals surface area contributed by atoms with Crippen LogP contribution in [0.4, 0.5) is 13.2 Å². The Morgan fingerprint density at radius 1 is 1.17 bits per heavy atom. The van der Waals surface area contributed by atoms with Crippen molar-refractivity contribution in [2.45, 2.75) is 24.9 Å². The van der Waals surface area contributed by atoms with Gasteiger partial charge in [0.25, 0.3) is 5.91 Å². The van der Waals surface area contributed by atoms with Gasteiger partial charge in [-0.25, -0.2) is 0 Å². The number of benzene rings is 1. The Bertz CT molecular complexity index is 673. The van der Waals surface area contributed by atoms with E-state index in [0.29, 0.717) is 19.0 Å². The van der Waals surface area contributed by atoms with Crippen LogP contribution in [0, 0.1) is 0 Å². The number of hydrogen-bond donors (Lipinski definition) is 0. The average Bonchev–Trinajstić information content (AvgIpc) is 3.08. The maximum absolute atomic E-state index is 12.8. The third kappa shape index (κ3) is 3.58. The van der Waals surface area contributed by atoms with Gasteiger partial charge in [-0.2, -0.15) is 24.5 Å². The van der Waals surface area contributed by atoms with Gasteiger partial charge in [0.05, 0.1) is 5.56 Å². The molecule has 122 valence electrons. The highest BCUT2D eigenvalue weighted by Crippen LogP contribution is 2.32. The van der Waals surface area contributed by atoms with Gasteiger partial charge in [0, 0.05) is 18.7 Å². The number of carbonyl (C=O) groups excluding carboxylic acids is 1. The van der Waals surface area contributed by atoms with Gasteiger partial charge in [-0.1, -0.05) is 6.07 Å². The number of hydrogen-bond acceptors (Lipinski definition) is 2. The van der Waals surface area contributed by atoms with Crippen LogP contribution >= 0.6 is 11.3 Å². The summed E-state index contributed by atoms with van der Waals surface area (Å²) in [6.45, 7) is 1.16. The fourth-order valence-corrected chi connectivity index (χ4v) is 3.68. The molecular formula is C17H16F3NOS. The Morgan fingerprint density at radius 2 is 1.91 bits per heavy atom. The van der Waals surface area contributed by atoms with E-state index in [1.165, 1.54) is 17.7 Å². The molecule has 3 rings (SSSR count). The molecule has 1 saturated heterocycles. The fraction of sp³-hybridized carbons (Fsp3) is 0.353. The van der Waals surface area contributed by atoms with Gasteiger partial charge in [-0.3, -0.25) is 4.79 Å². The van der Waals surface area contributed by atoms with Gasteiger partial charge in [0.15, 0.2) is 0 Å². The van der Waals surface area contributed by atoms with E-state index < -0.39 is 11.7 Å². The first-order valence-corrected chi connectivity index (χ1v) is 8.38. The molecule has 1 aliphatic rings. The molecule has 2 nitrogen and oxygen atoms in total. The number of halogens is 3. The van der Waals surface area contributed by atoms with Gasteiger partial charge in [-0.05, 0) is 59.3 Å². The molecule has 0 spiro atoms. The highest BCUT2D eigenvalue weighted by molar-refractivity contribution is 7.07. The lowest BCUT2D eigenvalue weighted by Crippen LogP contribution is -2.37. The van der Waals surface area contributed by atoms with Crippen LogP contribution in [0.25, 0.3) is 0 Å². The van der Waals surface area contributed by atoms with Gasteiger partial charge < -0.3 is 4.90 Å². The largest absolute Gasteiger partial charge is 0.416 e. The van der Waals surface area contributed by atoms with Crippen LogP contribution < -0.4 is 0 Å². The molecule has 0 aliphatic carbocycles. The van der Waals surface area contributed by atoms with Crippen LogP contribution in [-0.2, 0) is 6.18 Å². The van der Waals surface area contributed by atoms with Crippen molar-refractivity contribution in [2.24, 2.45) is 0 Å². The minimum Gasteiger partial charge on any atom is -0.339 e. The summed E-state index contributed by atoms with van der Waals surface area (Å²) in [6.07, 6.45) is -2.73. The summed E-state index contributed by atoms with van der Waals surface area (Å²) in [5.74, 6) is 0.117. The van der Waals surface area contributed by atoms with Crippen LogP contribution in [-0.4, -0.2) is 23.9 Å². The molecule has 1 aromatic carbocycles. The smallest absolute Gasteiger partial charge is 0.339 e. The maximum atomic E-state index is 12.8. The molecular weight excluding hydrogens is 323 g/mol. The summed E-state index contributed by atoms with van der Waals surface area (Å²) < 4.78 is 38.3. The number of thiophene rings is 1. The molecule has 1 aliphatic heterocycles. The van der Waals surface area contributed by atoms with E-state index in [4.69, 9.17) is 0 Å². The van der Waals surface area contributed by atoms with Crippen LogP contribution in [0.2, 0.25) is 0 Å². The molecule has 0 saturated carbocycles. The highest BCUT2D eigenvalue weighted by atomic mass is 32.1. The van der Waals surface area contributed by atoms with Crippen LogP contribution in [0.5, 0.6) is 0 Å². The number of likely N-dealkylation sites (tertiary alicyclic amines) is 1. The summed E-state index contributed by atoms with van der Waals surface area (Å²) in [6, 6.07) is 6.75. The first-order chi connectivity index (χ1) is 10.9. The predicted octanol–water partition coefficient (Wildman–Crippen LogP) is 4.79. The number of piperidine rings is 1. The third-order valence-electron chi connectivity index (χ3n) is 4.23. The number of alkyl halides is 3. The summed E-state index contributed by atoms with van der Waals surface area (Å²) >= 11 is 1.65. The number of rotatable bonds is 2. The van der Waals surface area contributed by atoms with Crippen molar-refractivity contribution in [2.75, 3.05) is 13.1 Å². The normalized spacial score (nSPS) is 16.6. The molecule has 2 heterocycles. The average molecular weight is 339 g/mol. The van der Waals surface area contributed by atoms with Crippen LogP contribution in [0.1, 0.15) is 40.2 Å². The Hall–Kier alpha value is -1.82. The molecule has 1 amide bonds. The first-order valence-electron chi connectivity index (χ1n) is 7.44. The predicted molar refractivity (Wildman–Crippen MR) is 83.6 cm³/mol. The molecule has 6 heteroatoms. The van der Waals surface area contributed by atoms with E-state index >= 15 is 0 Å². The zero-order valence-electron chi connectivity index (χ0n) is 12.3. The van der Waals surface area contributed by atoms with Crippen molar-refractivity contribution in [3.8, 4) is 0 Å². The molecule has 0 atom stereocenters. The molecule has 0 radical (unpaired) electrons. The van der Waals surface area contributed by atoms with Crippen LogP contribution in [0.15, 0.2) is 41.1 Å². The monoisotopic (exact) mass is 339 g/mol. The Kier molecular flexibility index (Phi) is 4.43. The van der Waals surface area contributed by atoms with Crippen molar-refractivity contribution < 1.29 is 18.0 Å². The molecule has 23 heavy (non-hydrogen) atoms. The Morgan fingerprint density at radius 3 is 2.52 bits per heavy atom.